The van der Waals surface area contributed by atoms with Crippen LogP contribution in [-0.4, -0.2) is 49.8 Å². The molecule has 1 saturated heterocycles. The molecule has 3 heterocycles. The summed E-state index contributed by atoms with van der Waals surface area (Å²) in [7, 11) is 2.21. The van der Waals surface area contributed by atoms with Crippen molar-refractivity contribution in [2.24, 2.45) is 0 Å². The zero-order chi connectivity index (χ0) is 17.8. The topological polar surface area (TPSA) is 40.6 Å². The second-order valence-electron chi connectivity index (χ2n) is 7.30. The quantitative estimate of drug-likeness (QED) is 0.916. The molecule has 2 aromatic rings. The first-order valence-electron chi connectivity index (χ1n) is 9.60. The van der Waals surface area contributed by atoms with Crippen molar-refractivity contribution >= 4 is 11.5 Å². The summed E-state index contributed by atoms with van der Waals surface area (Å²) >= 11 is 0. The molecule has 2 aliphatic heterocycles. The zero-order valence-electron chi connectivity index (χ0n) is 15.6. The van der Waals surface area contributed by atoms with Crippen molar-refractivity contribution in [3.63, 3.8) is 0 Å². The minimum Gasteiger partial charge on any atom is -0.381 e. The first-order chi connectivity index (χ1) is 12.8. The summed E-state index contributed by atoms with van der Waals surface area (Å²) in [6, 6.07) is 11.1. The first kappa shape index (κ1) is 17.3. The van der Waals surface area contributed by atoms with Crippen LogP contribution in [0.3, 0.4) is 0 Å². The van der Waals surface area contributed by atoms with Crippen molar-refractivity contribution in [2.75, 3.05) is 50.1 Å². The lowest BCUT2D eigenvalue weighted by Crippen LogP contribution is -2.36. The fourth-order valence-electron chi connectivity index (χ4n) is 3.74. The molecule has 0 atom stereocenters. The van der Waals surface area contributed by atoms with E-state index >= 15 is 0 Å². The molecule has 0 amide bonds. The van der Waals surface area contributed by atoms with Gasteiger partial charge in [0.1, 0.15) is 5.82 Å². The molecule has 0 radical (unpaired) electrons. The highest BCUT2D eigenvalue weighted by Crippen LogP contribution is 2.22. The van der Waals surface area contributed by atoms with Crippen LogP contribution in [0.5, 0.6) is 0 Å². The second kappa shape index (κ2) is 8.06. The lowest BCUT2D eigenvalue weighted by atomic mass is 10.0. The van der Waals surface area contributed by atoms with Crippen LogP contribution in [0.15, 0.2) is 36.5 Å². The molecule has 1 aromatic carbocycles. The van der Waals surface area contributed by atoms with Gasteiger partial charge in [-0.25, -0.2) is 4.98 Å². The van der Waals surface area contributed by atoms with Gasteiger partial charge >= 0.3 is 0 Å². The van der Waals surface area contributed by atoms with E-state index in [-0.39, 0.29) is 0 Å². The first-order valence-corrected chi connectivity index (χ1v) is 9.60. The van der Waals surface area contributed by atoms with E-state index < -0.39 is 0 Å². The molecule has 26 heavy (non-hydrogen) atoms. The molecule has 1 aromatic heterocycles. The number of fused-ring (bicyclic) bond motifs is 1. The summed E-state index contributed by atoms with van der Waals surface area (Å²) < 4.78 is 5.40. The Kier molecular flexibility index (Phi) is 5.37. The largest absolute Gasteiger partial charge is 0.381 e. The van der Waals surface area contributed by atoms with E-state index in [1.54, 1.807) is 0 Å². The molecule has 0 bridgehead atoms. The molecule has 4 rings (SSSR count). The van der Waals surface area contributed by atoms with E-state index in [1.807, 2.05) is 6.20 Å². The Morgan fingerprint density at radius 1 is 1.08 bits per heavy atom. The van der Waals surface area contributed by atoms with Gasteiger partial charge in [0.25, 0.3) is 0 Å². The van der Waals surface area contributed by atoms with Gasteiger partial charge in [-0.15, -0.1) is 0 Å². The predicted octanol–water partition coefficient (Wildman–Crippen LogP) is 2.91. The van der Waals surface area contributed by atoms with Crippen LogP contribution >= 0.6 is 0 Å². The summed E-state index contributed by atoms with van der Waals surface area (Å²) in [6.45, 7) is 6.45. The van der Waals surface area contributed by atoms with E-state index in [2.05, 4.69) is 57.5 Å². The predicted molar refractivity (Wildman–Crippen MR) is 106 cm³/mol. The van der Waals surface area contributed by atoms with Crippen LogP contribution in [-0.2, 0) is 24.2 Å². The molecular formula is C21H28N4O. The van der Waals surface area contributed by atoms with Crippen molar-refractivity contribution in [1.29, 1.82) is 0 Å². The number of nitrogens with one attached hydrogen (secondary N) is 1. The molecule has 2 aliphatic rings. The van der Waals surface area contributed by atoms with Crippen LogP contribution in [0.25, 0.3) is 0 Å². The van der Waals surface area contributed by atoms with Gasteiger partial charge in [-0.2, -0.15) is 0 Å². The fraction of sp³-hybridized carbons (Fsp3) is 0.476. The van der Waals surface area contributed by atoms with Crippen LogP contribution in [0.4, 0.5) is 11.5 Å². The van der Waals surface area contributed by atoms with Gasteiger partial charge in [-0.3, -0.25) is 0 Å². The third kappa shape index (κ3) is 4.17. The lowest BCUT2D eigenvalue weighted by Gasteiger charge is -2.27. The second-order valence-corrected chi connectivity index (χ2v) is 7.30. The van der Waals surface area contributed by atoms with E-state index in [9.17, 15) is 0 Å². The van der Waals surface area contributed by atoms with E-state index in [1.165, 1.54) is 41.8 Å². The average Bonchev–Trinajstić information content (AvgIpc) is 2.87. The maximum absolute atomic E-state index is 5.40. The molecule has 0 saturated carbocycles. The highest BCUT2D eigenvalue weighted by Gasteiger charge is 2.13. The summed E-state index contributed by atoms with van der Waals surface area (Å²) in [5, 5.41) is 3.55. The van der Waals surface area contributed by atoms with Gasteiger partial charge in [0.15, 0.2) is 0 Å². The Balaban J connectivity index is 1.38. The molecule has 5 nitrogen and oxygen atoms in total. The van der Waals surface area contributed by atoms with E-state index in [0.717, 1.165) is 45.2 Å². The minimum absolute atomic E-state index is 0.790. The number of benzene rings is 1. The number of ether oxygens (including phenoxy) is 1. The number of nitrogens with zero attached hydrogens (tertiary/aromatic N) is 3. The van der Waals surface area contributed by atoms with Crippen LogP contribution in [0, 0.1) is 0 Å². The molecule has 5 heteroatoms. The third-order valence-corrected chi connectivity index (χ3v) is 5.27. The van der Waals surface area contributed by atoms with Crippen LogP contribution in [0.2, 0.25) is 0 Å². The van der Waals surface area contributed by atoms with E-state index in [0.29, 0.717) is 0 Å². The standard InChI is InChI=1S/C21H28N4O/c1-24-8-2-3-18-5-6-20(13-19(18)16-24)22-14-17-4-7-21(23-15-17)25-9-11-26-12-10-25/h4-7,13,15,22H,2-3,8-12,14,16H2,1H3. The van der Waals surface area contributed by atoms with Crippen molar-refractivity contribution in [1.82, 2.24) is 9.88 Å². The molecule has 0 unspecified atom stereocenters. The summed E-state index contributed by atoms with van der Waals surface area (Å²) in [5.41, 5.74) is 5.34. The molecule has 0 aliphatic carbocycles. The Morgan fingerprint density at radius 3 is 2.77 bits per heavy atom. The molecule has 1 N–H and O–H groups in total. The number of pyridine rings is 1. The van der Waals surface area contributed by atoms with E-state index in [4.69, 9.17) is 4.74 Å². The maximum Gasteiger partial charge on any atom is 0.128 e. The number of anilines is 2. The normalized spacial score (nSPS) is 18.3. The summed E-state index contributed by atoms with van der Waals surface area (Å²) in [5.74, 6) is 1.05. The Bertz CT molecular complexity index is 725. The van der Waals surface area contributed by atoms with Gasteiger partial charge in [0.05, 0.1) is 13.2 Å². The molecule has 1 fully saturated rings. The monoisotopic (exact) mass is 352 g/mol. The number of hydrogen-bond acceptors (Lipinski definition) is 5. The van der Waals surface area contributed by atoms with Gasteiger partial charge in [-0.05, 0) is 61.3 Å². The number of aromatic nitrogens is 1. The average molecular weight is 352 g/mol. The zero-order valence-corrected chi connectivity index (χ0v) is 15.6. The van der Waals surface area contributed by atoms with Gasteiger partial charge < -0.3 is 19.9 Å². The molecule has 0 spiro atoms. The van der Waals surface area contributed by atoms with Crippen molar-refractivity contribution in [2.45, 2.75) is 25.9 Å². The van der Waals surface area contributed by atoms with Crippen molar-refractivity contribution < 1.29 is 4.74 Å². The SMILES string of the molecule is CN1CCCc2ccc(NCc3ccc(N4CCOCC4)nc3)cc2C1. The Labute approximate surface area is 156 Å². The molecule has 138 valence electrons. The molecular weight excluding hydrogens is 324 g/mol. The number of morpholine rings is 1. The minimum atomic E-state index is 0.790. The maximum atomic E-state index is 5.40. The van der Waals surface area contributed by atoms with Crippen molar-refractivity contribution in [3.8, 4) is 0 Å². The Hall–Kier alpha value is -2.11. The smallest absolute Gasteiger partial charge is 0.128 e. The number of rotatable bonds is 4. The summed E-state index contributed by atoms with van der Waals surface area (Å²) in [4.78, 5) is 9.32. The van der Waals surface area contributed by atoms with Gasteiger partial charge in [-0.1, -0.05) is 12.1 Å². The van der Waals surface area contributed by atoms with Crippen LogP contribution < -0.4 is 10.2 Å². The van der Waals surface area contributed by atoms with Gasteiger partial charge in [0.2, 0.25) is 0 Å². The Morgan fingerprint density at radius 2 is 1.96 bits per heavy atom. The van der Waals surface area contributed by atoms with Crippen molar-refractivity contribution in [3.05, 3.63) is 53.2 Å². The van der Waals surface area contributed by atoms with Gasteiger partial charge in [0, 0.05) is 38.1 Å². The number of aryl methyl sites for hydroxylation is 1. The number of hydrogen-bond donors (Lipinski definition) is 1. The highest BCUT2D eigenvalue weighted by atomic mass is 16.5. The highest BCUT2D eigenvalue weighted by molar-refractivity contribution is 5.50. The fourth-order valence-corrected chi connectivity index (χ4v) is 3.74. The van der Waals surface area contributed by atoms with Crippen LogP contribution in [0.1, 0.15) is 23.1 Å². The lowest BCUT2D eigenvalue weighted by molar-refractivity contribution is 0.122. The summed E-state index contributed by atoms with van der Waals surface area (Å²) in [6.07, 6.45) is 4.42. The third-order valence-electron chi connectivity index (χ3n) is 5.27.